The Kier molecular flexibility index (Phi) is 8.42. The van der Waals surface area contributed by atoms with E-state index >= 15 is 0 Å². The molecule has 1 aromatic carbocycles. The number of methoxy groups -OCH3 is 2. The van der Waals surface area contributed by atoms with E-state index in [-0.39, 0.29) is 5.56 Å². The van der Waals surface area contributed by atoms with Gasteiger partial charge in [0.15, 0.2) is 0 Å². The number of carboxylic acid groups (broad SMARTS) is 1. The van der Waals surface area contributed by atoms with Crippen LogP contribution in [0.25, 0.3) is 0 Å². The molecule has 0 heterocycles. The van der Waals surface area contributed by atoms with E-state index in [0.29, 0.717) is 25.6 Å². The minimum atomic E-state index is -1.20. The molecule has 0 saturated carbocycles. The minimum absolute atomic E-state index is 0.121. The molecule has 0 unspecified atom stereocenters. The number of quaternary nitrogens is 1. The summed E-state index contributed by atoms with van der Waals surface area (Å²) in [7, 11) is 3.35. The molecule has 6 nitrogen and oxygen atoms in total. The summed E-state index contributed by atoms with van der Waals surface area (Å²) in [5.74, 6) is -0.664. The number of aromatic carboxylic acids is 1. The van der Waals surface area contributed by atoms with Gasteiger partial charge in [-0.05, 0) is 12.1 Å². The van der Waals surface area contributed by atoms with E-state index in [0.717, 1.165) is 19.6 Å². The van der Waals surface area contributed by atoms with Gasteiger partial charge in [-0.2, -0.15) is 0 Å². The van der Waals surface area contributed by atoms with E-state index in [1.807, 2.05) is 0 Å². The number of rotatable bonds is 11. The summed E-state index contributed by atoms with van der Waals surface area (Å²) < 4.78 is 15.8. The third-order valence-corrected chi connectivity index (χ3v) is 3.11. The van der Waals surface area contributed by atoms with Crippen LogP contribution in [0.5, 0.6) is 5.75 Å². The van der Waals surface area contributed by atoms with E-state index < -0.39 is 5.97 Å². The molecule has 0 radical (unpaired) electrons. The van der Waals surface area contributed by atoms with Crippen LogP contribution in [0.2, 0.25) is 0 Å². The van der Waals surface area contributed by atoms with Gasteiger partial charge in [-0.1, -0.05) is 12.1 Å². The van der Waals surface area contributed by atoms with Crippen molar-refractivity contribution in [3.05, 3.63) is 29.8 Å². The predicted octanol–water partition coefficient (Wildman–Crippen LogP) is -1.39. The van der Waals surface area contributed by atoms with Crippen molar-refractivity contribution in [1.29, 1.82) is 0 Å². The Balaban J connectivity index is 2.41. The second kappa shape index (κ2) is 10.1. The SMILES string of the molecule is COCC[NH+](CCOC)CCOc1cccc(C(=O)[O-])c1. The van der Waals surface area contributed by atoms with Gasteiger partial charge < -0.3 is 29.0 Å². The predicted molar refractivity (Wildman–Crippen MR) is 75.6 cm³/mol. The van der Waals surface area contributed by atoms with Crippen LogP contribution in [0, 0.1) is 0 Å². The molecule has 0 aliphatic rings. The lowest BCUT2D eigenvalue weighted by Crippen LogP contribution is -3.13. The van der Waals surface area contributed by atoms with Crippen molar-refractivity contribution in [3.63, 3.8) is 0 Å². The Hall–Kier alpha value is -1.63. The normalized spacial score (nSPS) is 10.8. The first kappa shape index (κ1) is 17.4. The second-order valence-electron chi connectivity index (χ2n) is 4.65. The Labute approximate surface area is 125 Å². The number of carbonyl (C=O) groups excluding carboxylic acids is 1. The van der Waals surface area contributed by atoms with E-state index in [4.69, 9.17) is 14.2 Å². The molecule has 0 aromatic heterocycles. The number of hydrogen-bond acceptors (Lipinski definition) is 5. The van der Waals surface area contributed by atoms with Crippen LogP contribution >= 0.6 is 0 Å². The number of benzene rings is 1. The smallest absolute Gasteiger partial charge is 0.137 e. The van der Waals surface area contributed by atoms with Gasteiger partial charge in [0.1, 0.15) is 32.0 Å². The zero-order valence-electron chi connectivity index (χ0n) is 12.6. The lowest BCUT2D eigenvalue weighted by Gasteiger charge is -2.19. The Morgan fingerprint density at radius 2 is 1.71 bits per heavy atom. The van der Waals surface area contributed by atoms with E-state index in [9.17, 15) is 9.90 Å². The van der Waals surface area contributed by atoms with Crippen LogP contribution in [0.4, 0.5) is 0 Å². The molecule has 21 heavy (non-hydrogen) atoms. The fourth-order valence-electron chi connectivity index (χ4n) is 1.89. The summed E-state index contributed by atoms with van der Waals surface area (Å²) in [4.78, 5) is 12.1. The second-order valence-corrected chi connectivity index (χ2v) is 4.65. The summed E-state index contributed by atoms with van der Waals surface area (Å²) in [6, 6.07) is 6.33. The molecule has 0 aliphatic heterocycles. The van der Waals surface area contributed by atoms with Crippen molar-refractivity contribution in [2.75, 3.05) is 53.7 Å². The van der Waals surface area contributed by atoms with Crippen LogP contribution in [0.15, 0.2) is 24.3 Å². The van der Waals surface area contributed by atoms with Crippen LogP contribution < -0.4 is 14.7 Å². The summed E-state index contributed by atoms with van der Waals surface area (Å²) in [5.41, 5.74) is 0.121. The van der Waals surface area contributed by atoms with Gasteiger partial charge in [0, 0.05) is 19.8 Å². The lowest BCUT2D eigenvalue weighted by atomic mass is 10.2. The van der Waals surface area contributed by atoms with Crippen molar-refractivity contribution in [2.45, 2.75) is 0 Å². The Morgan fingerprint density at radius 3 is 2.29 bits per heavy atom. The molecule has 1 N–H and O–H groups in total. The van der Waals surface area contributed by atoms with Crippen molar-refractivity contribution in [2.24, 2.45) is 0 Å². The van der Waals surface area contributed by atoms with E-state index in [2.05, 4.69) is 0 Å². The Bertz CT molecular complexity index is 416. The number of carboxylic acids is 1. The molecule has 0 atom stereocenters. The highest BCUT2D eigenvalue weighted by Gasteiger charge is 2.08. The Morgan fingerprint density at radius 1 is 1.10 bits per heavy atom. The first-order valence-corrected chi connectivity index (χ1v) is 6.93. The van der Waals surface area contributed by atoms with Crippen molar-refractivity contribution < 1.29 is 29.0 Å². The molecular formula is C15H23NO5. The zero-order valence-corrected chi connectivity index (χ0v) is 12.6. The largest absolute Gasteiger partial charge is 0.545 e. The van der Waals surface area contributed by atoms with Crippen molar-refractivity contribution in [1.82, 2.24) is 0 Å². The number of nitrogens with one attached hydrogen (secondary N) is 1. The highest BCUT2D eigenvalue weighted by molar-refractivity contribution is 5.86. The quantitative estimate of drug-likeness (QED) is 0.544. The third kappa shape index (κ3) is 7.08. The average Bonchev–Trinajstić information content (AvgIpc) is 2.49. The van der Waals surface area contributed by atoms with Crippen LogP contribution in [0.3, 0.4) is 0 Å². The summed E-state index contributed by atoms with van der Waals surface area (Å²) in [6.07, 6.45) is 0. The highest BCUT2D eigenvalue weighted by atomic mass is 16.5. The number of ether oxygens (including phenoxy) is 3. The number of carbonyl (C=O) groups is 1. The summed E-state index contributed by atoms with van der Waals surface area (Å²) >= 11 is 0. The molecule has 1 aromatic rings. The average molecular weight is 297 g/mol. The van der Waals surface area contributed by atoms with Crippen LogP contribution in [0.1, 0.15) is 10.4 Å². The van der Waals surface area contributed by atoms with Gasteiger partial charge in [0.05, 0.1) is 19.2 Å². The minimum Gasteiger partial charge on any atom is -0.545 e. The lowest BCUT2D eigenvalue weighted by molar-refractivity contribution is -0.900. The van der Waals surface area contributed by atoms with Crippen molar-refractivity contribution in [3.8, 4) is 5.75 Å². The standard InChI is InChI=1S/C15H23NO5/c1-19-9-6-16(7-10-20-2)8-11-21-14-5-3-4-13(12-14)15(17)18/h3-5,12H,6-11H2,1-2H3,(H,17,18). The van der Waals surface area contributed by atoms with Gasteiger partial charge in [0.25, 0.3) is 0 Å². The first-order valence-electron chi connectivity index (χ1n) is 6.93. The molecule has 6 heteroatoms. The molecule has 0 amide bonds. The highest BCUT2D eigenvalue weighted by Crippen LogP contribution is 2.12. The van der Waals surface area contributed by atoms with Gasteiger partial charge >= 0.3 is 0 Å². The monoisotopic (exact) mass is 297 g/mol. The topological polar surface area (TPSA) is 72.3 Å². The molecule has 118 valence electrons. The first-order chi connectivity index (χ1) is 10.2. The van der Waals surface area contributed by atoms with Gasteiger partial charge in [-0.15, -0.1) is 0 Å². The third-order valence-electron chi connectivity index (χ3n) is 3.11. The maximum atomic E-state index is 10.8. The van der Waals surface area contributed by atoms with Crippen LogP contribution in [-0.2, 0) is 9.47 Å². The molecule has 0 bridgehead atoms. The molecule has 0 saturated heterocycles. The molecular weight excluding hydrogens is 274 g/mol. The molecule has 0 aliphatic carbocycles. The summed E-state index contributed by atoms with van der Waals surface area (Å²) in [5, 5.41) is 10.8. The summed E-state index contributed by atoms with van der Waals surface area (Å²) in [6.45, 7) is 4.41. The maximum Gasteiger partial charge on any atom is 0.137 e. The van der Waals surface area contributed by atoms with Gasteiger partial charge in [-0.25, -0.2) is 0 Å². The molecule has 0 spiro atoms. The van der Waals surface area contributed by atoms with Crippen molar-refractivity contribution >= 4 is 5.97 Å². The van der Waals surface area contributed by atoms with E-state index in [1.165, 1.54) is 17.0 Å². The molecule has 0 fully saturated rings. The van der Waals surface area contributed by atoms with Gasteiger partial charge in [-0.3, -0.25) is 0 Å². The fourth-order valence-corrected chi connectivity index (χ4v) is 1.89. The fraction of sp³-hybridized carbons (Fsp3) is 0.533. The van der Waals surface area contributed by atoms with Gasteiger partial charge in [0.2, 0.25) is 0 Å². The maximum absolute atomic E-state index is 10.8. The zero-order chi connectivity index (χ0) is 15.5. The number of hydrogen-bond donors (Lipinski definition) is 1. The van der Waals surface area contributed by atoms with E-state index in [1.54, 1.807) is 26.4 Å². The molecule has 1 rings (SSSR count). The van der Waals surface area contributed by atoms with Crippen LogP contribution in [-0.4, -0.2) is 59.6 Å².